The number of halogens is 3. The molecular weight excluding hydrogens is 490 g/mol. The first kappa shape index (κ1) is 24.1. The van der Waals surface area contributed by atoms with Gasteiger partial charge in [0.05, 0.1) is 31.0 Å². The van der Waals surface area contributed by atoms with Gasteiger partial charge < -0.3 is 4.74 Å². The summed E-state index contributed by atoms with van der Waals surface area (Å²) >= 11 is 5.97. The topological polar surface area (TPSA) is 75.7 Å². The Balaban J connectivity index is 1.68. The zero-order valence-electron chi connectivity index (χ0n) is 19.1. The van der Waals surface area contributed by atoms with Gasteiger partial charge in [-0.15, -0.1) is 0 Å². The number of nitrogens with zero attached hydrogens (tertiary/aromatic N) is 1. The monoisotopic (exact) mass is 510 g/mol. The number of amides is 2. The molecule has 2 saturated heterocycles. The third kappa shape index (κ3) is 3.77. The molecule has 184 valence electrons. The highest BCUT2D eigenvalue weighted by Gasteiger charge is 2.68. The molecule has 9 heteroatoms. The Kier molecular flexibility index (Phi) is 6.10. The van der Waals surface area contributed by atoms with Crippen LogP contribution in [0.3, 0.4) is 0 Å². The Labute approximate surface area is 210 Å². The lowest BCUT2D eigenvalue weighted by Gasteiger charge is -2.36. The van der Waals surface area contributed by atoms with Crippen LogP contribution in [0.15, 0.2) is 72.8 Å². The minimum Gasteiger partial charge on any atom is -0.468 e. The number of fused-ring (bicyclic) bond motifs is 1. The minimum absolute atomic E-state index is 0.0152. The quantitative estimate of drug-likeness (QED) is 0.417. The molecule has 0 radical (unpaired) electrons. The number of hydrogen-bond donors (Lipinski definition) is 1. The van der Waals surface area contributed by atoms with E-state index in [2.05, 4.69) is 5.32 Å². The van der Waals surface area contributed by atoms with Crippen LogP contribution in [0.2, 0.25) is 5.02 Å². The second-order valence-corrected chi connectivity index (χ2v) is 9.30. The largest absolute Gasteiger partial charge is 0.468 e. The van der Waals surface area contributed by atoms with Crippen molar-refractivity contribution in [2.45, 2.75) is 18.1 Å². The predicted octanol–water partition coefficient (Wildman–Crippen LogP) is 3.81. The summed E-state index contributed by atoms with van der Waals surface area (Å²) in [6.07, 6.45) is 0. The Hall–Kier alpha value is -3.62. The van der Waals surface area contributed by atoms with E-state index in [9.17, 15) is 23.2 Å². The number of hydrogen-bond acceptors (Lipinski definition) is 5. The SMILES string of the molecule is COC(=O)[C@H]1NC(c2ccc(F)cc2)(c2ccc(F)cc2)[C@H]2C(=O)N(Cc3ccc(Cl)cc3)C(=O)[C@@H]12. The average Bonchev–Trinajstić information content (AvgIpc) is 3.36. The first-order valence-electron chi connectivity index (χ1n) is 11.2. The van der Waals surface area contributed by atoms with Crippen LogP contribution in [-0.2, 0) is 31.2 Å². The molecule has 3 aromatic carbocycles. The van der Waals surface area contributed by atoms with Gasteiger partial charge in [-0.25, -0.2) is 8.78 Å². The lowest BCUT2D eigenvalue weighted by molar-refractivity contribution is -0.148. The summed E-state index contributed by atoms with van der Waals surface area (Å²) in [5.74, 6) is -4.91. The van der Waals surface area contributed by atoms with E-state index in [4.69, 9.17) is 16.3 Å². The molecule has 0 spiro atoms. The van der Waals surface area contributed by atoms with Gasteiger partial charge >= 0.3 is 5.97 Å². The van der Waals surface area contributed by atoms with Gasteiger partial charge in [-0.05, 0) is 53.1 Å². The third-order valence-corrected chi connectivity index (χ3v) is 7.21. The number of imide groups is 1. The zero-order chi connectivity index (χ0) is 25.6. The summed E-state index contributed by atoms with van der Waals surface area (Å²) in [7, 11) is 1.20. The molecule has 3 atom stereocenters. The van der Waals surface area contributed by atoms with Crippen molar-refractivity contribution in [1.29, 1.82) is 0 Å². The molecule has 6 nitrogen and oxygen atoms in total. The fourth-order valence-corrected chi connectivity index (χ4v) is 5.47. The maximum Gasteiger partial charge on any atom is 0.323 e. The van der Waals surface area contributed by atoms with E-state index in [1.54, 1.807) is 24.3 Å². The molecule has 2 fully saturated rings. The molecule has 1 N–H and O–H groups in total. The number of benzene rings is 3. The van der Waals surface area contributed by atoms with Crippen LogP contribution < -0.4 is 5.32 Å². The van der Waals surface area contributed by atoms with E-state index in [0.717, 1.165) is 4.90 Å². The van der Waals surface area contributed by atoms with Crippen molar-refractivity contribution in [1.82, 2.24) is 10.2 Å². The summed E-state index contributed by atoms with van der Waals surface area (Å²) in [4.78, 5) is 41.6. The van der Waals surface area contributed by atoms with Crippen molar-refractivity contribution < 1.29 is 27.9 Å². The predicted molar refractivity (Wildman–Crippen MR) is 127 cm³/mol. The highest BCUT2D eigenvalue weighted by molar-refractivity contribution is 6.30. The van der Waals surface area contributed by atoms with E-state index >= 15 is 0 Å². The molecule has 0 aliphatic carbocycles. The van der Waals surface area contributed by atoms with E-state index in [-0.39, 0.29) is 6.54 Å². The fourth-order valence-electron chi connectivity index (χ4n) is 5.35. The summed E-state index contributed by atoms with van der Waals surface area (Å²) < 4.78 is 32.7. The van der Waals surface area contributed by atoms with Gasteiger partial charge in [0, 0.05) is 5.02 Å². The van der Waals surface area contributed by atoms with Crippen molar-refractivity contribution >= 4 is 29.4 Å². The van der Waals surface area contributed by atoms with E-state index in [1.807, 2.05) is 0 Å². The molecular formula is C27H21ClF2N2O4. The van der Waals surface area contributed by atoms with E-state index in [0.29, 0.717) is 21.7 Å². The van der Waals surface area contributed by atoms with Crippen molar-refractivity contribution in [3.05, 3.63) is 106 Å². The molecule has 0 bridgehead atoms. The van der Waals surface area contributed by atoms with Crippen LogP contribution in [0.25, 0.3) is 0 Å². The number of esters is 1. The fraction of sp³-hybridized carbons (Fsp3) is 0.222. The van der Waals surface area contributed by atoms with E-state index in [1.165, 1.54) is 55.6 Å². The second kappa shape index (κ2) is 9.11. The Morgan fingerprint density at radius 3 is 1.94 bits per heavy atom. The highest BCUT2D eigenvalue weighted by Crippen LogP contribution is 2.52. The van der Waals surface area contributed by atoms with Crippen molar-refractivity contribution in [2.24, 2.45) is 11.8 Å². The first-order valence-corrected chi connectivity index (χ1v) is 11.6. The zero-order valence-corrected chi connectivity index (χ0v) is 19.8. The Bertz CT molecular complexity index is 1280. The summed E-state index contributed by atoms with van der Waals surface area (Å²) in [6, 6.07) is 16.4. The number of carbonyl (C=O) groups is 3. The first-order chi connectivity index (χ1) is 17.3. The van der Waals surface area contributed by atoms with Gasteiger partial charge in [-0.2, -0.15) is 0 Å². The Morgan fingerprint density at radius 1 is 0.917 bits per heavy atom. The molecule has 2 aliphatic heterocycles. The average molecular weight is 511 g/mol. The van der Waals surface area contributed by atoms with Crippen LogP contribution in [0.5, 0.6) is 0 Å². The lowest BCUT2D eigenvalue weighted by Crippen LogP contribution is -2.51. The molecule has 0 unspecified atom stereocenters. The van der Waals surface area contributed by atoms with Crippen LogP contribution in [0.4, 0.5) is 8.78 Å². The maximum absolute atomic E-state index is 14.0. The summed E-state index contributed by atoms with van der Waals surface area (Å²) in [6.45, 7) is -0.0152. The van der Waals surface area contributed by atoms with Crippen LogP contribution in [-0.4, -0.2) is 35.8 Å². The van der Waals surface area contributed by atoms with Gasteiger partial charge in [-0.1, -0.05) is 48.0 Å². The van der Waals surface area contributed by atoms with Gasteiger partial charge in [0.15, 0.2) is 0 Å². The number of carbonyl (C=O) groups excluding carboxylic acids is 3. The van der Waals surface area contributed by atoms with Crippen molar-refractivity contribution in [3.8, 4) is 0 Å². The molecule has 5 rings (SSSR count). The van der Waals surface area contributed by atoms with Gasteiger partial charge in [0.2, 0.25) is 11.8 Å². The number of rotatable bonds is 5. The smallest absolute Gasteiger partial charge is 0.323 e. The summed E-state index contributed by atoms with van der Waals surface area (Å²) in [5, 5.41) is 3.69. The Morgan fingerprint density at radius 2 is 1.44 bits per heavy atom. The van der Waals surface area contributed by atoms with Crippen LogP contribution >= 0.6 is 11.6 Å². The second-order valence-electron chi connectivity index (χ2n) is 8.86. The van der Waals surface area contributed by atoms with Crippen LogP contribution in [0, 0.1) is 23.5 Å². The molecule has 36 heavy (non-hydrogen) atoms. The molecule has 0 saturated carbocycles. The third-order valence-electron chi connectivity index (χ3n) is 6.96. The maximum atomic E-state index is 14.0. The van der Waals surface area contributed by atoms with Gasteiger partial charge in [0.25, 0.3) is 0 Å². The number of methoxy groups -OCH3 is 1. The highest BCUT2D eigenvalue weighted by atomic mass is 35.5. The normalized spacial score (nSPS) is 22.6. The molecule has 2 amide bonds. The molecule has 3 aromatic rings. The minimum atomic E-state index is -1.42. The number of ether oxygens (including phenoxy) is 1. The standard InChI is InChI=1S/C27H21ClF2N2O4/c1-36-26(35)23-21-22(25(34)32(24(21)33)14-15-2-8-18(28)9-3-15)27(31-23,16-4-10-19(29)11-5-16)17-6-12-20(30)13-7-17/h2-13,21-23,31H,14H2,1H3/t21-,22-,23+/m1/s1. The number of likely N-dealkylation sites (tertiary alicyclic amines) is 1. The number of nitrogens with one attached hydrogen (secondary N) is 1. The summed E-state index contributed by atoms with van der Waals surface area (Å²) in [5.41, 5.74) is 0.155. The van der Waals surface area contributed by atoms with Crippen molar-refractivity contribution in [3.63, 3.8) is 0 Å². The molecule has 2 aliphatic rings. The van der Waals surface area contributed by atoms with E-state index < -0.39 is 52.8 Å². The van der Waals surface area contributed by atoms with Crippen molar-refractivity contribution in [2.75, 3.05) is 7.11 Å². The molecule has 0 aromatic heterocycles. The van der Waals surface area contributed by atoms with Gasteiger partial charge in [-0.3, -0.25) is 24.6 Å². The lowest BCUT2D eigenvalue weighted by atomic mass is 9.71. The van der Waals surface area contributed by atoms with Crippen LogP contribution in [0.1, 0.15) is 16.7 Å². The molecule has 2 heterocycles. The van der Waals surface area contributed by atoms with Gasteiger partial charge in [0.1, 0.15) is 17.7 Å².